The Bertz CT molecular complexity index is 926. The molecule has 3 rings (SSSR count). The predicted molar refractivity (Wildman–Crippen MR) is 107 cm³/mol. The van der Waals surface area contributed by atoms with E-state index in [4.69, 9.17) is 4.52 Å². The summed E-state index contributed by atoms with van der Waals surface area (Å²) >= 11 is 0. The van der Waals surface area contributed by atoms with Gasteiger partial charge < -0.3 is 9.84 Å². The Balaban J connectivity index is 1.61. The van der Waals surface area contributed by atoms with E-state index in [1.165, 1.54) is 16.7 Å². The van der Waals surface area contributed by atoms with Crippen molar-refractivity contribution in [3.8, 4) is 11.3 Å². The molecule has 140 valence electrons. The quantitative estimate of drug-likeness (QED) is 0.665. The fourth-order valence-corrected chi connectivity index (χ4v) is 3.34. The highest BCUT2D eigenvalue weighted by Gasteiger charge is 2.15. The van der Waals surface area contributed by atoms with Crippen LogP contribution in [0, 0.1) is 20.8 Å². The maximum Gasteiger partial charge on any atom is 0.220 e. The van der Waals surface area contributed by atoms with Crippen LogP contribution in [0.5, 0.6) is 0 Å². The van der Waals surface area contributed by atoms with Gasteiger partial charge in [-0.3, -0.25) is 4.79 Å². The average molecular weight is 362 g/mol. The Morgan fingerprint density at radius 3 is 2.48 bits per heavy atom. The average Bonchev–Trinajstić information content (AvgIpc) is 3.09. The highest BCUT2D eigenvalue weighted by molar-refractivity contribution is 5.77. The van der Waals surface area contributed by atoms with E-state index in [2.05, 4.69) is 49.4 Å². The summed E-state index contributed by atoms with van der Waals surface area (Å²) in [6, 6.07) is 14.4. The van der Waals surface area contributed by atoms with Gasteiger partial charge in [-0.05, 0) is 45.2 Å². The zero-order chi connectivity index (χ0) is 19.4. The summed E-state index contributed by atoms with van der Waals surface area (Å²) in [6.07, 6.45) is 2.63. The van der Waals surface area contributed by atoms with Crippen LogP contribution in [0.15, 0.2) is 53.3 Å². The van der Waals surface area contributed by atoms with Crippen molar-refractivity contribution >= 4 is 5.91 Å². The molecular weight excluding hydrogens is 336 g/mol. The first-order valence-corrected chi connectivity index (χ1v) is 9.31. The second-order valence-corrected chi connectivity index (χ2v) is 7.20. The number of nitrogens with zero attached hydrogens (tertiary/aromatic N) is 1. The van der Waals surface area contributed by atoms with Crippen molar-refractivity contribution < 1.29 is 9.32 Å². The normalized spacial score (nSPS) is 12.0. The largest absolute Gasteiger partial charge is 0.364 e. The third-order valence-electron chi connectivity index (χ3n) is 4.86. The van der Waals surface area contributed by atoms with Crippen molar-refractivity contribution in [1.82, 2.24) is 10.5 Å². The van der Waals surface area contributed by atoms with Crippen LogP contribution in [-0.4, -0.2) is 11.1 Å². The van der Waals surface area contributed by atoms with Crippen molar-refractivity contribution in [2.24, 2.45) is 0 Å². The van der Waals surface area contributed by atoms with Crippen LogP contribution >= 0.6 is 0 Å². The van der Waals surface area contributed by atoms with Gasteiger partial charge in [-0.25, -0.2) is 0 Å². The number of benzene rings is 2. The lowest BCUT2D eigenvalue weighted by Gasteiger charge is -2.17. The molecule has 1 atom stereocenters. The van der Waals surface area contributed by atoms with Crippen LogP contribution in [0.3, 0.4) is 0 Å². The number of aromatic nitrogens is 1. The monoisotopic (exact) mass is 362 g/mol. The van der Waals surface area contributed by atoms with Gasteiger partial charge in [0.05, 0.1) is 6.04 Å². The molecule has 0 aliphatic rings. The van der Waals surface area contributed by atoms with Gasteiger partial charge in [0.15, 0.2) is 0 Å². The predicted octanol–water partition coefficient (Wildman–Crippen LogP) is 5.08. The summed E-state index contributed by atoms with van der Waals surface area (Å²) < 4.78 is 5.16. The Hall–Kier alpha value is -2.88. The van der Waals surface area contributed by atoms with E-state index in [9.17, 15) is 4.79 Å². The van der Waals surface area contributed by atoms with Gasteiger partial charge in [0.1, 0.15) is 12.0 Å². The molecule has 0 spiro atoms. The molecule has 2 aromatic carbocycles. The molecule has 0 fully saturated rings. The zero-order valence-electron chi connectivity index (χ0n) is 16.4. The SMILES string of the molecule is Cc1ccc(-c2nocc2CCC(=O)NC(C)c2ccc(C)cc2C)cc1. The Morgan fingerprint density at radius 1 is 1.07 bits per heavy atom. The zero-order valence-corrected chi connectivity index (χ0v) is 16.4. The standard InChI is InChI=1S/C23H26N2O2/c1-15-5-8-19(9-6-15)23-20(14-27-25-23)10-12-22(26)24-18(4)21-11-7-16(2)13-17(21)3/h5-9,11,13-14,18H,10,12H2,1-4H3,(H,24,26). The fourth-order valence-electron chi connectivity index (χ4n) is 3.34. The first kappa shape index (κ1) is 18.9. The molecule has 1 aromatic heterocycles. The van der Waals surface area contributed by atoms with Crippen molar-refractivity contribution in [3.05, 3.63) is 76.5 Å². The molecule has 1 amide bonds. The molecule has 27 heavy (non-hydrogen) atoms. The van der Waals surface area contributed by atoms with Gasteiger partial charge in [-0.15, -0.1) is 0 Å². The summed E-state index contributed by atoms with van der Waals surface area (Å²) in [4.78, 5) is 12.4. The summed E-state index contributed by atoms with van der Waals surface area (Å²) in [6.45, 7) is 8.22. The Morgan fingerprint density at radius 2 is 1.78 bits per heavy atom. The van der Waals surface area contributed by atoms with E-state index in [1.807, 2.05) is 31.2 Å². The van der Waals surface area contributed by atoms with Gasteiger partial charge in [0, 0.05) is 17.5 Å². The third kappa shape index (κ3) is 4.64. The molecule has 1 unspecified atom stereocenters. The van der Waals surface area contributed by atoms with E-state index < -0.39 is 0 Å². The number of rotatable bonds is 6. The van der Waals surface area contributed by atoms with Gasteiger partial charge in [-0.2, -0.15) is 0 Å². The van der Waals surface area contributed by atoms with E-state index in [-0.39, 0.29) is 11.9 Å². The number of nitrogens with one attached hydrogen (secondary N) is 1. The number of hydrogen-bond donors (Lipinski definition) is 1. The molecule has 1 heterocycles. The van der Waals surface area contributed by atoms with E-state index in [0.29, 0.717) is 12.8 Å². The Kier molecular flexibility index (Phi) is 5.75. The molecular formula is C23H26N2O2. The summed E-state index contributed by atoms with van der Waals surface area (Å²) in [5.41, 5.74) is 7.55. The van der Waals surface area contributed by atoms with Crippen molar-refractivity contribution in [2.45, 2.75) is 46.6 Å². The van der Waals surface area contributed by atoms with Crippen LogP contribution in [0.2, 0.25) is 0 Å². The second-order valence-electron chi connectivity index (χ2n) is 7.20. The molecule has 4 heteroatoms. The smallest absolute Gasteiger partial charge is 0.220 e. The number of amides is 1. The minimum Gasteiger partial charge on any atom is -0.364 e. The van der Waals surface area contributed by atoms with Crippen LogP contribution in [-0.2, 0) is 11.2 Å². The molecule has 0 aliphatic carbocycles. The number of carbonyl (C=O) groups excluding carboxylic acids is 1. The maximum atomic E-state index is 12.4. The van der Waals surface area contributed by atoms with Crippen LogP contribution < -0.4 is 5.32 Å². The molecule has 4 nitrogen and oxygen atoms in total. The molecule has 0 radical (unpaired) electrons. The summed E-state index contributed by atoms with van der Waals surface area (Å²) in [5, 5.41) is 7.21. The number of carbonyl (C=O) groups is 1. The molecule has 0 saturated carbocycles. The van der Waals surface area contributed by atoms with Crippen LogP contribution in [0.4, 0.5) is 0 Å². The minimum atomic E-state index is -0.0165. The molecule has 0 aliphatic heterocycles. The van der Waals surface area contributed by atoms with Crippen LogP contribution in [0.1, 0.15) is 47.2 Å². The molecule has 1 N–H and O–H groups in total. The van der Waals surface area contributed by atoms with E-state index in [0.717, 1.165) is 22.4 Å². The van der Waals surface area contributed by atoms with E-state index >= 15 is 0 Å². The maximum absolute atomic E-state index is 12.4. The summed E-state index contributed by atoms with van der Waals surface area (Å²) in [7, 11) is 0. The highest BCUT2D eigenvalue weighted by atomic mass is 16.5. The molecule has 3 aromatic rings. The third-order valence-corrected chi connectivity index (χ3v) is 4.86. The Labute approximate surface area is 160 Å². The van der Waals surface area contributed by atoms with Crippen molar-refractivity contribution in [2.75, 3.05) is 0 Å². The van der Waals surface area contributed by atoms with Gasteiger partial charge >= 0.3 is 0 Å². The first-order chi connectivity index (χ1) is 12.9. The van der Waals surface area contributed by atoms with Gasteiger partial charge in [-0.1, -0.05) is 58.7 Å². The molecule has 0 bridgehead atoms. The second kappa shape index (κ2) is 8.21. The van der Waals surface area contributed by atoms with Crippen molar-refractivity contribution in [3.63, 3.8) is 0 Å². The first-order valence-electron chi connectivity index (χ1n) is 9.31. The summed E-state index contributed by atoms with van der Waals surface area (Å²) in [5.74, 6) is 0.0264. The van der Waals surface area contributed by atoms with Crippen molar-refractivity contribution in [1.29, 1.82) is 0 Å². The highest BCUT2D eigenvalue weighted by Crippen LogP contribution is 2.24. The topological polar surface area (TPSA) is 55.1 Å². The fraction of sp³-hybridized carbons (Fsp3) is 0.304. The lowest BCUT2D eigenvalue weighted by molar-refractivity contribution is -0.121. The minimum absolute atomic E-state index is 0.0165. The van der Waals surface area contributed by atoms with Gasteiger partial charge in [0.25, 0.3) is 0 Å². The van der Waals surface area contributed by atoms with Gasteiger partial charge in [0.2, 0.25) is 5.91 Å². The van der Waals surface area contributed by atoms with Crippen LogP contribution in [0.25, 0.3) is 11.3 Å². The number of hydrogen-bond acceptors (Lipinski definition) is 3. The lowest BCUT2D eigenvalue weighted by atomic mass is 10.00. The lowest BCUT2D eigenvalue weighted by Crippen LogP contribution is -2.27. The van der Waals surface area contributed by atoms with E-state index in [1.54, 1.807) is 6.26 Å². The number of aryl methyl sites for hydroxylation is 4. The molecule has 0 saturated heterocycles.